The maximum atomic E-state index is 6.20. The third-order valence-corrected chi connectivity index (χ3v) is 3.12. The maximum Gasteiger partial charge on any atom is 0.0724 e. The molecule has 0 amide bonds. The second kappa shape index (κ2) is 4.61. The number of nitrogens with zero attached hydrogens (tertiary/aromatic N) is 1. The number of pyridine rings is 1. The van der Waals surface area contributed by atoms with Gasteiger partial charge < -0.3 is 11.1 Å². The fourth-order valence-electron chi connectivity index (χ4n) is 2.16. The molecule has 3 N–H and O–H groups in total. The second-order valence-electron chi connectivity index (χ2n) is 4.59. The molecular formula is C16H15N3. The summed E-state index contributed by atoms with van der Waals surface area (Å²) in [6.45, 7) is 2.07. The van der Waals surface area contributed by atoms with Crippen LogP contribution in [0.2, 0.25) is 0 Å². The molecule has 3 aromatic rings. The monoisotopic (exact) mass is 249 g/mol. The number of rotatable bonds is 2. The van der Waals surface area contributed by atoms with Crippen LogP contribution in [0.5, 0.6) is 0 Å². The molecule has 0 saturated carbocycles. The van der Waals surface area contributed by atoms with Gasteiger partial charge in [0.25, 0.3) is 0 Å². The molecule has 1 aromatic heterocycles. The quantitative estimate of drug-likeness (QED) is 0.678. The SMILES string of the molecule is Cc1cccc(Nc2ccc3ncccc3c2N)c1. The van der Waals surface area contributed by atoms with Crippen LogP contribution in [0.3, 0.4) is 0 Å². The highest BCUT2D eigenvalue weighted by atomic mass is 14.9. The summed E-state index contributed by atoms with van der Waals surface area (Å²) in [7, 11) is 0. The predicted molar refractivity (Wildman–Crippen MR) is 80.6 cm³/mol. The molecule has 0 spiro atoms. The average molecular weight is 249 g/mol. The van der Waals surface area contributed by atoms with Gasteiger partial charge in [0.15, 0.2) is 0 Å². The zero-order valence-corrected chi connectivity index (χ0v) is 10.7. The minimum absolute atomic E-state index is 0.729. The van der Waals surface area contributed by atoms with E-state index in [-0.39, 0.29) is 0 Å². The molecule has 0 fully saturated rings. The third kappa shape index (κ3) is 2.22. The molecule has 2 aromatic carbocycles. The van der Waals surface area contributed by atoms with E-state index in [0.717, 1.165) is 28.0 Å². The van der Waals surface area contributed by atoms with Gasteiger partial charge in [-0.3, -0.25) is 4.98 Å². The van der Waals surface area contributed by atoms with Crippen LogP contribution in [0.25, 0.3) is 10.9 Å². The summed E-state index contributed by atoms with van der Waals surface area (Å²) in [6.07, 6.45) is 1.77. The summed E-state index contributed by atoms with van der Waals surface area (Å²) < 4.78 is 0. The van der Waals surface area contributed by atoms with Crippen LogP contribution < -0.4 is 11.1 Å². The number of aryl methyl sites for hydroxylation is 1. The predicted octanol–water partition coefficient (Wildman–Crippen LogP) is 3.87. The number of nitrogen functional groups attached to an aromatic ring is 1. The van der Waals surface area contributed by atoms with E-state index in [1.807, 2.05) is 36.4 Å². The third-order valence-electron chi connectivity index (χ3n) is 3.12. The van der Waals surface area contributed by atoms with Crippen LogP contribution in [0, 0.1) is 6.92 Å². The molecule has 0 saturated heterocycles. The van der Waals surface area contributed by atoms with Crippen molar-refractivity contribution >= 4 is 28.0 Å². The van der Waals surface area contributed by atoms with Crippen LogP contribution in [0.15, 0.2) is 54.7 Å². The topological polar surface area (TPSA) is 50.9 Å². The number of benzene rings is 2. The first kappa shape index (κ1) is 11.5. The molecule has 3 heteroatoms. The zero-order valence-electron chi connectivity index (χ0n) is 10.7. The highest BCUT2D eigenvalue weighted by Crippen LogP contribution is 2.29. The van der Waals surface area contributed by atoms with E-state index in [2.05, 4.69) is 29.4 Å². The molecule has 1 heterocycles. The molecule has 0 radical (unpaired) electrons. The largest absolute Gasteiger partial charge is 0.396 e. The molecule has 3 rings (SSSR count). The second-order valence-corrected chi connectivity index (χ2v) is 4.59. The summed E-state index contributed by atoms with van der Waals surface area (Å²) in [5.74, 6) is 0. The Morgan fingerprint density at radius 2 is 1.95 bits per heavy atom. The lowest BCUT2D eigenvalue weighted by Gasteiger charge is -2.11. The van der Waals surface area contributed by atoms with Crippen molar-refractivity contribution in [3.63, 3.8) is 0 Å². The standard InChI is InChI=1S/C16H15N3/c1-11-4-2-5-12(10-11)19-15-8-7-14-13(16(15)17)6-3-9-18-14/h2-10,19H,17H2,1H3. The van der Waals surface area contributed by atoms with Gasteiger partial charge in [0.1, 0.15) is 0 Å². The fourth-order valence-corrected chi connectivity index (χ4v) is 2.16. The van der Waals surface area contributed by atoms with E-state index in [1.54, 1.807) is 6.20 Å². The molecule has 0 bridgehead atoms. The highest BCUT2D eigenvalue weighted by molar-refractivity contribution is 5.97. The Morgan fingerprint density at radius 3 is 2.79 bits per heavy atom. The first-order valence-electron chi connectivity index (χ1n) is 6.21. The lowest BCUT2D eigenvalue weighted by atomic mass is 10.1. The number of aromatic nitrogens is 1. The van der Waals surface area contributed by atoms with Crippen LogP contribution in [0.4, 0.5) is 17.1 Å². The van der Waals surface area contributed by atoms with Crippen molar-refractivity contribution in [2.75, 3.05) is 11.1 Å². The summed E-state index contributed by atoms with van der Waals surface area (Å²) in [6, 6.07) is 16.0. The summed E-state index contributed by atoms with van der Waals surface area (Å²) >= 11 is 0. The van der Waals surface area contributed by atoms with Gasteiger partial charge in [-0.1, -0.05) is 12.1 Å². The summed E-state index contributed by atoms with van der Waals surface area (Å²) in [4.78, 5) is 4.30. The fraction of sp³-hybridized carbons (Fsp3) is 0.0625. The van der Waals surface area contributed by atoms with Gasteiger partial charge in [-0.15, -0.1) is 0 Å². The molecule has 0 aliphatic rings. The molecule has 0 unspecified atom stereocenters. The van der Waals surface area contributed by atoms with Gasteiger partial charge >= 0.3 is 0 Å². The van der Waals surface area contributed by atoms with E-state index in [4.69, 9.17) is 5.73 Å². The molecule has 94 valence electrons. The average Bonchev–Trinajstić information content (AvgIpc) is 2.42. The number of hydrogen-bond donors (Lipinski definition) is 2. The van der Waals surface area contributed by atoms with Crippen molar-refractivity contribution in [3.8, 4) is 0 Å². The van der Waals surface area contributed by atoms with Gasteiger partial charge in [-0.2, -0.15) is 0 Å². The molecule has 0 aliphatic heterocycles. The molecule has 0 aliphatic carbocycles. The van der Waals surface area contributed by atoms with Gasteiger partial charge in [0, 0.05) is 17.3 Å². The van der Waals surface area contributed by atoms with E-state index in [1.165, 1.54) is 5.56 Å². The van der Waals surface area contributed by atoms with Crippen LogP contribution in [-0.2, 0) is 0 Å². The van der Waals surface area contributed by atoms with Gasteiger partial charge in [-0.25, -0.2) is 0 Å². The van der Waals surface area contributed by atoms with Gasteiger partial charge in [-0.05, 0) is 48.9 Å². The number of hydrogen-bond acceptors (Lipinski definition) is 3. The number of nitrogens with two attached hydrogens (primary N) is 1. The molecular weight excluding hydrogens is 234 g/mol. The first-order valence-corrected chi connectivity index (χ1v) is 6.21. The Bertz CT molecular complexity index is 735. The van der Waals surface area contributed by atoms with E-state index < -0.39 is 0 Å². The minimum Gasteiger partial charge on any atom is -0.396 e. The number of fused-ring (bicyclic) bond motifs is 1. The Kier molecular flexibility index (Phi) is 2.80. The smallest absolute Gasteiger partial charge is 0.0724 e. The van der Waals surface area contributed by atoms with Crippen molar-refractivity contribution in [3.05, 3.63) is 60.3 Å². The summed E-state index contributed by atoms with van der Waals surface area (Å²) in [5.41, 5.74) is 11.0. The van der Waals surface area contributed by atoms with E-state index in [9.17, 15) is 0 Å². The Balaban J connectivity index is 2.04. The molecule has 19 heavy (non-hydrogen) atoms. The van der Waals surface area contributed by atoms with Crippen LogP contribution in [-0.4, -0.2) is 4.98 Å². The lowest BCUT2D eigenvalue weighted by Crippen LogP contribution is -1.97. The van der Waals surface area contributed by atoms with Crippen molar-refractivity contribution in [2.24, 2.45) is 0 Å². The normalized spacial score (nSPS) is 10.6. The van der Waals surface area contributed by atoms with Crippen molar-refractivity contribution in [2.45, 2.75) is 6.92 Å². The molecule has 3 nitrogen and oxygen atoms in total. The van der Waals surface area contributed by atoms with Crippen molar-refractivity contribution < 1.29 is 0 Å². The number of nitrogens with one attached hydrogen (secondary N) is 1. The maximum absolute atomic E-state index is 6.20. The zero-order chi connectivity index (χ0) is 13.2. The van der Waals surface area contributed by atoms with E-state index in [0.29, 0.717) is 0 Å². The van der Waals surface area contributed by atoms with Gasteiger partial charge in [0.05, 0.1) is 16.9 Å². The highest BCUT2D eigenvalue weighted by Gasteiger charge is 2.05. The van der Waals surface area contributed by atoms with E-state index >= 15 is 0 Å². The number of anilines is 3. The van der Waals surface area contributed by atoms with Gasteiger partial charge in [0.2, 0.25) is 0 Å². The molecule has 0 atom stereocenters. The van der Waals surface area contributed by atoms with Crippen LogP contribution in [0.1, 0.15) is 5.56 Å². The first-order chi connectivity index (χ1) is 9.24. The van der Waals surface area contributed by atoms with Crippen LogP contribution >= 0.6 is 0 Å². The lowest BCUT2D eigenvalue weighted by molar-refractivity contribution is 1.41. The Labute approximate surface area is 112 Å². The Hall–Kier alpha value is -2.55. The minimum atomic E-state index is 0.729. The Morgan fingerprint density at radius 1 is 1.05 bits per heavy atom. The summed E-state index contributed by atoms with van der Waals surface area (Å²) in [5, 5.41) is 4.32. The van der Waals surface area contributed by atoms with Crippen molar-refractivity contribution in [1.82, 2.24) is 4.98 Å². The van der Waals surface area contributed by atoms with Crippen molar-refractivity contribution in [1.29, 1.82) is 0 Å².